The first kappa shape index (κ1) is 12.6. The van der Waals surface area contributed by atoms with Gasteiger partial charge in [-0.3, -0.25) is 9.59 Å². The third-order valence-corrected chi connectivity index (χ3v) is 3.59. The maximum Gasteiger partial charge on any atom is 0.307 e. The number of hydrogen-bond acceptors (Lipinski definition) is 3. The Balaban J connectivity index is 1.81. The lowest BCUT2D eigenvalue weighted by Gasteiger charge is -2.04. The Morgan fingerprint density at radius 2 is 2.22 bits per heavy atom. The normalized spacial score (nSPS) is 24.6. The van der Waals surface area contributed by atoms with Gasteiger partial charge in [-0.2, -0.15) is 0 Å². The molecule has 1 aromatic rings. The maximum atomic E-state index is 11.9. The number of aromatic nitrogens is 2. The number of carboxylic acids is 1. The van der Waals surface area contributed by atoms with E-state index in [-0.39, 0.29) is 5.91 Å². The number of amides is 1. The second kappa shape index (κ2) is 4.44. The third kappa shape index (κ3) is 2.23. The van der Waals surface area contributed by atoms with Crippen molar-refractivity contribution in [1.82, 2.24) is 15.3 Å². The van der Waals surface area contributed by atoms with Crippen molar-refractivity contribution in [2.75, 3.05) is 6.54 Å². The molecule has 0 aromatic carbocycles. The SMILES string of the molecule is CC1(C)[C@H](C(=O)O)[C@@H]1C(=O)NCCc1ncc[nH]1. The first-order valence-electron chi connectivity index (χ1n) is 5.93. The number of aliphatic carboxylic acids is 1. The number of H-pyrrole nitrogens is 1. The Morgan fingerprint density at radius 3 is 2.72 bits per heavy atom. The molecule has 98 valence electrons. The van der Waals surface area contributed by atoms with Gasteiger partial charge in [0.1, 0.15) is 5.82 Å². The van der Waals surface area contributed by atoms with Crippen molar-refractivity contribution < 1.29 is 14.7 Å². The zero-order valence-corrected chi connectivity index (χ0v) is 10.4. The van der Waals surface area contributed by atoms with Crippen molar-refractivity contribution in [3.63, 3.8) is 0 Å². The minimum atomic E-state index is -0.897. The summed E-state index contributed by atoms with van der Waals surface area (Å²) >= 11 is 0. The van der Waals surface area contributed by atoms with Gasteiger partial charge in [-0.1, -0.05) is 13.8 Å². The van der Waals surface area contributed by atoms with Gasteiger partial charge in [0.2, 0.25) is 5.91 Å². The lowest BCUT2D eigenvalue weighted by Crippen LogP contribution is -2.29. The first-order chi connectivity index (χ1) is 8.44. The molecule has 1 fully saturated rings. The van der Waals surface area contributed by atoms with Crippen molar-refractivity contribution in [3.05, 3.63) is 18.2 Å². The van der Waals surface area contributed by atoms with E-state index in [1.54, 1.807) is 12.4 Å². The number of carboxylic acid groups (broad SMARTS) is 1. The molecule has 6 nitrogen and oxygen atoms in total. The highest BCUT2D eigenvalue weighted by Crippen LogP contribution is 2.58. The van der Waals surface area contributed by atoms with Crippen LogP contribution in [-0.4, -0.2) is 33.5 Å². The Kier molecular flexibility index (Phi) is 3.11. The van der Waals surface area contributed by atoms with Crippen LogP contribution < -0.4 is 5.32 Å². The van der Waals surface area contributed by atoms with Gasteiger partial charge in [0.05, 0.1) is 11.8 Å². The lowest BCUT2D eigenvalue weighted by molar-refractivity contribution is -0.140. The van der Waals surface area contributed by atoms with E-state index < -0.39 is 23.2 Å². The molecule has 1 aliphatic carbocycles. The fourth-order valence-corrected chi connectivity index (χ4v) is 2.44. The minimum absolute atomic E-state index is 0.182. The molecular formula is C12H17N3O3. The molecule has 0 unspecified atom stereocenters. The summed E-state index contributed by atoms with van der Waals surface area (Å²) in [5.41, 5.74) is -0.444. The van der Waals surface area contributed by atoms with E-state index in [0.29, 0.717) is 13.0 Å². The highest BCUT2D eigenvalue weighted by atomic mass is 16.4. The number of hydrogen-bond donors (Lipinski definition) is 3. The largest absolute Gasteiger partial charge is 0.481 e. The van der Waals surface area contributed by atoms with Gasteiger partial charge in [0, 0.05) is 25.4 Å². The molecule has 1 amide bonds. The van der Waals surface area contributed by atoms with E-state index in [0.717, 1.165) is 5.82 Å². The third-order valence-electron chi connectivity index (χ3n) is 3.59. The van der Waals surface area contributed by atoms with Crippen LogP contribution in [0.1, 0.15) is 19.7 Å². The number of carbonyl (C=O) groups is 2. The molecule has 1 heterocycles. The van der Waals surface area contributed by atoms with Crippen LogP contribution in [0.3, 0.4) is 0 Å². The summed E-state index contributed by atoms with van der Waals surface area (Å²) in [6, 6.07) is 0. The molecule has 0 saturated heterocycles. The molecular weight excluding hydrogens is 234 g/mol. The van der Waals surface area contributed by atoms with Gasteiger partial charge in [0.25, 0.3) is 0 Å². The average molecular weight is 251 g/mol. The maximum absolute atomic E-state index is 11.9. The number of carbonyl (C=O) groups excluding carboxylic acids is 1. The lowest BCUT2D eigenvalue weighted by atomic mass is 10.1. The number of nitrogens with zero attached hydrogens (tertiary/aromatic N) is 1. The summed E-state index contributed by atoms with van der Waals surface area (Å²) in [5.74, 6) is -1.27. The van der Waals surface area contributed by atoms with Gasteiger partial charge < -0.3 is 15.4 Å². The van der Waals surface area contributed by atoms with E-state index in [4.69, 9.17) is 5.11 Å². The van der Waals surface area contributed by atoms with Gasteiger partial charge in [0.15, 0.2) is 0 Å². The van der Waals surface area contributed by atoms with E-state index in [1.807, 2.05) is 13.8 Å². The van der Waals surface area contributed by atoms with Crippen LogP contribution in [0.2, 0.25) is 0 Å². The second-order valence-electron chi connectivity index (χ2n) is 5.19. The van der Waals surface area contributed by atoms with Crippen molar-refractivity contribution in [1.29, 1.82) is 0 Å². The Bertz CT molecular complexity index is 453. The molecule has 0 bridgehead atoms. The first-order valence-corrected chi connectivity index (χ1v) is 5.93. The van der Waals surface area contributed by atoms with Crippen molar-refractivity contribution in [3.8, 4) is 0 Å². The standard InChI is InChI=1S/C12H17N3O3/c1-12(2)8(9(12)11(17)18)10(16)15-4-3-7-13-5-6-14-7/h5-6,8-9H,3-4H2,1-2H3,(H,13,14)(H,15,16)(H,17,18)/t8-,9+/m1/s1. The smallest absolute Gasteiger partial charge is 0.307 e. The van der Waals surface area contributed by atoms with E-state index in [9.17, 15) is 9.59 Å². The molecule has 1 saturated carbocycles. The summed E-state index contributed by atoms with van der Waals surface area (Å²) in [5, 5.41) is 11.7. The van der Waals surface area contributed by atoms with E-state index in [1.165, 1.54) is 0 Å². The predicted molar refractivity (Wildman–Crippen MR) is 63.7 cm³/mol. The van der Waals surface area contributed by atoms with Crippen molar-refractivity contribution in [2.24, 2.45) is 17.3 Å². The van der Waals surface area contributed by atoms with Gasteiger partial charge >= 0.3 is 5.97 Å². The summed E-state index contributed by atoms with van der Waals surface area (Å²) in [6.45, 7) is 4.08. The highest BCUT2D eigenvalue weighted by Gasteiger charge is 2.65. The molecule has 0 radical (unpaired) electrons. The van der Waals surface area contributed by atoms with E-state index in [2.05, 4.69) is 15.3 Å². The summed E-state index contributed by atoms with van der Waals surface area (Å²) < 4.78 is 0. The number of nitrogens with one attached hydrogen (secondary N) is 2. The van der Waals surface area contributed by atoms with Gasteiger partial charge in [-0.15, -0.1) is 0 Å². The van der Waals surface area contributed by atoms with Gasteiger partial charge in [-0.25, -0.2) is 4.98 Å². The molecule has 1 aliphatic rings. The fraction of sp³-hybridized carbons (Fsp3) is 0.583. The minimum Gasteiger partial charge on any atom is -0.481 e. The van der Waals surface area contributed by atoms with Crippen LogP contribution >= 0.6 is 0 Å². The van der Waals surface area contributed by atoms with Crippen LogP contribution in [0.25, 0.3) is 0 Å². The molecule has 2 atom stereocenters. The van der Waals surface area contributed by atoms with Crippen LogP contribution in [0.5, 0.6) is 0 Å². The van der Waals surface area contributed by atoms with Crippen molar-refractivity contribution >= 4 is 11.9 Å². The molecule has 0 aliphatic heterocycles. The van der Waals surface area contributed by atoms with Crippen molar-refractivity contribution in [2.45, 2.75) is 20.3 Å². The molecule has 18 heavy (non-hydrogen) atoms. The van der Waals surface area contributed by atoms with Crippen LogP contribution in [0, 0.1) is 17.3 Å². The summed E-state index contributed by atoms with van der Waals surface area (Å²) in [6.07, 6.45) is 3.99. The zero-order chi connectivity index (χ0) is 13.3. The Labute approximate surface area is 105 Å². The van der Waals surface area contributed by atoms with Crippen LogP contribution in [0.15, 0.2) is 12.4 Å². The van der Waals surface area contributed by atoms with Crippen LogP contribution in [0.4, 0.5) is 0 Å². The van der Waals surface area contributed by atoms with Gasteiger partial charge in [-0.05, 0) is 5.41 Å². The number of rotatable bonds is 5. The Morgan fingerprint density at radius 1 is 1.50 bits per heavy atom. The summed E-state index contributed by atoms with van der Waals surface area (Å²) in [4.78, 5) is 29.8. The average Bonchev–Trinajstić information content (AvgIpc) is 2.65. The zero-order valence-electron chi connectivity index (χ0n) is 10.4. The Hall–Kier alpha value is -1.85. The molecule has 3 N–H and O–H groups in total. The summed E-state index contributed by atoms with van der Waals surface area (Å²) in [7, 11) is 0. The van der Waals surface area contributed by atoms with E-state index >= 15 is 0 Å². The second-order valence-corrected chi connectivity index (χ2v) is 5.19. The monoisotopic (exact) mass is 251 g/mol. The molecule has 2 rings (SSSR count). The quantitative estimate of drug-likeness (QED) is 0.707. The molecule has 6 heteroatoms. The molecule has 0 spiro atoms. The number of aromatic amines is 1. The highest BCUT2D eigenvalue weighted by molar-refractivity contribution is 5.91. The number of imidazole rings is 1. The molecule has 1 aromatic heterocycles. The predicted octanol–water partition coefficient (Wildman–Crippen LogP) is 0.425. The topological polar surface area (TPSA) is 95.1 Å². The van der Waals surface area contributed by atoms with Crippen LogP contribution in [-0.2, 0) is 16.0 Å². The fourth-order valence-electron chi connectivity index (χ4n) is 2.44.